The number of benzene rings is 1. The van der Waals surface area contributed by atoms with Gasteiger partial charge in [0.15, 0.2) is 0 Å². The third-order valence-corrected chi connectivity index (χ3v) is 3.26. The van der Waals surface area contributed by atoms with E-state index in [-0.39, 0.29) is 11.3 Å². The van der Waals surface area contributed by atoms with E-state index in [4.69, 9.17) is 5.11 Å². The molecule has 100 valence electrons. The summed E-state index contributed by atoms with van der Waals surface area (Å²) in [5.41, 5.74) is 2.65. The molecule has 0 saturated carbocycles. The molecule has 20 heavy (non-hydrogen) atoms. The lowest BCUT2D eigenvalue weighted by Crippen LogP contribution is -1.96. The Kier molecular flexibility index (Phi) is 2.68. The van der Waals surface area contributed by atoms with Crippen LogP contribution < -0.4 is 0 Å². The Hall–Kier alpha value is -2.82. The van der Waals surface area contributed by atoms with E-state index in [2.05, 4.69) is 4.98 Å². The number of aromatic hydroxyl groups is 1. The minimum atomic E-state index is -1.00. The zero-order valence-electron chi connectivity index (χ0n) is 10.7. The summed E-state index contributed by atoms with van der Waals surface area (Å²) in [6.45, 7) is 0. The Morgan fingerprint density at radius 2 is 2.05 bits per heavy atom. The fourth-order valence-electron chi connectivity index (χ4n) is 2.26. The first-order chi connectivity index (χ1) is 9.56. The lowest BCUT2D eigenvalue weighted by Gasteiger charge is -2.00. The molecule has 1 aromatic carbocycles. The highest BCUT2D eigenvalue weighted by Crippen LogP contribution is 2.31. The molecule has 5 heteroatoms. The second-order valence-electron chi connectivity index (χ2n) is 4.59. The van der Waals surface area contributed by atoms with Gasteiger partial charge in [-0.2, -0.15) is 0 Å². The number of rotatable bonds is 2. The number of phenols is 1. The molecule has 3 rings (SSSR count). The number of hydrogen-bond donors (Lipinski definition) is 2. The van der Waals surface area contributed by atoms with Crippen LogP contribution in [-0.4, -0.2) is 25.7 Å². The third-order valence-electron chi connectivity index (χ3n) is 3.26. The van der Waals surface area contributed by atoms with Gasteiger partial charge >= 0.3 is 5.97 Å². The molecule has 0 aliphatic heterocycles. The zero-order valence-corrected chi connectivity index (χ0v) is 10.7. The van der Waals surface area contributed by atoms with Crippen molar-refractivity contribution in [3.8, 4) is 17.0 Å². The van der Waals surface area contributed by atoms with E-state index in [1.165, 1.54) is 12.3 Å². The van der Waals surface area contributed by atoms with Crippen molar-refractivity contribution in [3.05, 3.63) is 48.3 Å². The van der Waals surface area contributed by atoms with Gasteiger partial charge in [0.1, 0.15) is 5.75 Å². The van der Waals surface area contributed by atoms with Crippen molar-refractivity contribution < 1.29 is 15.0 Å². The summed E-state index contributed by atoms with van der Waals surface area (Å²) in [6.07, 6.45) is 3.24. The first kappa shape index (κ1) is 12.2. The molecular weight excluding hydrogens is 256 g/mol. The Labute approximate surface area is 114 Å². The second-order valence-corrected chi connectivity index (χ2v) is 4.59. The van der Waals surface area contributed by atoms with Crippen molar-refractivity contribution in [2.75, 3.05) is 0 Å². The van der Waals surface area contributed by atoms with Crippen molar-refractivity contribution in [2.24, 2.45) is 7.05 Å². The molecule has 0 bridgehead atoms. The van der Waals surface area contributed by atoms with Gasteiger partial charge in [-0.1, -0.05) is 0 Å². The predicted octanol–water partition coefficient (Wildman–Crippen LogP) is 2.64. The number of hydrogen-bond acceptors (Lipinski definition) is 3. The van der Waals surface area contributed by atoms with Crippen molar-refractivity contribution in [2.45, 2.75) is 0 Å². The number of aryl methyl sites for hydroxylation is 1. The summed E-state index contributed by atoms with van der Waals surface area (Å²) >= 11 is 0. The van der Waals surface area contributed by atoms with Crippen LogP contribution in [0.4, 0.5) is 0 Å². The van der Waals surface area contributed by atoms with Crippen molar-refractivity contribution >= 4 is 16.9 Å². The molecule has 2 aromatic heterocycles. The SMILES string of the molecule is Cn1cc(-c2ccc(C(=O)O)cn2)c2cc(O)ccc21. The van der Waals surface area contributed by atoms with Gasteiger partial charge in [-0.05, 0) is 30.3 Å². The topological polar surface area (TPSA) is 75.4 Å². The molecule has 0 fully saturated rings. The summed E-state index contributed by atoms with van der Waals surface area (Å²) in [6, 6.07) is 8.33. The quantitative estimate of drug-likeness (QED) is 0.749. The minimum absolute atomic E-state index is 0.150. The number of carboxylic acid groups (broad SMARTS) is 1. The van der Waals surface area contributed by atoms with E-state index < -0.39 is 5.97 Å². The third kappa shape index (κ3) is 1.89. The van der Waals surface area contributed by atoms with Gasteiger partial charge in [0.05, 0.1) is 11.3 Å². The minimum Gasteiger partial charge on any atom is -0.508 e. The summed E-state index contributed by atoms with van der Waals surface area (Å²) in [5, 5.41) is 19.4. The van der Waals surface area contributed by atoms with Gasteiger partial charge in [-0.25, -0.2) is 4.79 Å². The summed E-state index contributed by atoms with van der Waals surface area (Å²) in [4.78, 5) is 15.0. The summed E-state index contributed by atoms with van der Waals surface area (Å²) in [5.74, 6) is -0.813. The Balaban J connectivity index is 2.18. The van der Waals surface area contributed by atoms with Crippen LogP contribution in [0.5, 0.6) is 5.75 Å². The van der Waals surface area contributed by atoms with E-state index >= 15 is 0 Å². The van der Waals surface area contributed by atoms with Crippen LogP contribution in [0.15, 0.2) is 42.7 Å². The average Bonchev–Trinajstić information content (AvgIpc) is 2.75. The molecule has 3 aromatic rings. The number of phenolic OH excluding ortho intramolecular Hbond substituents is 1. The number of nitrogens with zero attached hydrogens (tertiary/aromatic N) is 2. The van der Waals surface area contributed by atoms with Gasteiger partial charge in [0.2, 0.25) is 0 Å². The normalized spacial score (nSPS) is 10.8. The van der Waals surface area contributed by atoms with Crippen LogP contribution in [0.2, 0.25) is 0 Å². The predicted molar refractivity (Wildman–Crippen MR) is 74.8 cm³/mol. The van der Waals surface area contributed by atoms with E-state index in [9.17, 15) is 9.90 Å². The van der Waals surface area contributed by atoms with E-state index in [0.717, 1.165) is 16.5 Å². The number of carbonyl (C=O) groups is 1. The number of aromatic carboxylic acids is 1. The first-order valence-corrected chi connectivity index (χ1v) is 6.04. The fraction of sp³-hybridized carbons (Fsp3) is 0.0667. The Morgan fingerprint density at radius 1 is 1.25 bits per heavy atom. The average molecular weight is 268 g/mol. The van der Waals surface area contributed by atoms with Gasteiger partial charge in [-0.3, -0.25) is 4.98 Å². The van der Waals surface area contributed by atoms with Gasteiger partial charge in [0, 0.05) is 35.9 Å². The van der Waals surface area contributed by atoms with Gasteiger partial charge < -0.3 is 14.8 Å². The van der Waals surface area contributed by atoms with Crippen LogP contribution >= 0.6 is 0 Å². The largest absolute Gasteiger partial charge is 0.508 e. The van der Waals surface area contributed by atoms with Crippen molar-refractivity contribution in [1.82, 2.24) is 9.55 Å². The maximum atomic E-state index is 10.8. The maximum Gasteiger partial charge on any atom is 0.337 e. The smallest absolute Gasteiger partial charge is 0.337 e. The lowest BCUT2D eigenvalue weighted by molar-refractivity contribution is 0.0696. The van der Waals surface area contributed by atoms with E-state index in [1.54, 1.807) is 18.2 Å². The monoisotopic (exact) mass is 268 g/mol. The molecule has 2 N–H and O–H groups in total. The zero-order chi connectivity index (χ0) is 14.3. The van der Waals surface area contributed by atoms with Crippen LogP contribution in [0.1, 0.15) is 10.4 Å². The Bertz CT molecular complexity index is 804. The van der Waals surface area contributed by atoms with Crippen LogP contribution in [0, 0.1) is 0 Å². The van der Waals surface area contributed by atoms with Crippen LogP contribution in [-0.2, 0) is 7.05 Å². The van der Waals surface area contributed by atoms with Crippen molar-refractivity contribution in [3.63, 3.8) is 0 Å². The second kappa shape index (κ2) is 4.38. The molecule has 0 amide bonds. The van der Waals surface area contributed by atoms with E-state index in [1.807, 2.05) is 23.9 Å². The number of carboxylic acids is 1. The number of aromatic nitrogens is 2. The molecule has 0 aliphatic carbocycles. The standard InChI is InChI=1S/C15H12N2O3/c1-17-8-12(11-6-10(18)3-5-14(11)17)13-4-2-9(7-16-13)15(19)20/h2-8,18H,1H3,(H,19,20). The van der Waals surface area contributed by atoms with Crippen LogP contribution in [0.3, 0.4) is 0 Å². The molecular formula is C15H12N2O3. The maximum absolute atomic E-state index is 10.8. The first-order valence-electron chi connectivity index (χ1n) is 6.04. The Morgan fingerprint density at radius 3 is 2.70 bits per heavy atom. The molecule has 0 spiro atoms. The molecule has 0 unspecified atom stereocenters. The lowest BCUT2D eigenvalue weighted by atomic mass is 10.1. The molecule has 5 nitrogen and oxygen atoms in total. The molecule has 2 heterocycles. The van der Waals surface area contributed by atoms with Gasteiger partial charge in [-0.15, -0.1) is 0 Å². The number of pyridine rings is 1. The molecule has 0 saturated heterocycles. The molecule has 0 radical (unpaired) electrons. The highest BCUT2D eigenvalue weighted by molar-refractivity contribution is 5.96. The highest BCUT2D eigenvalue weighted by atomic mass is 16.4. The van der Waals surface area contributed by atoms with E-state index in [0.29, 0.717) is 5.69 Å². The number of fused-ring (bicyclic) bond motifs is 1. The summed E-state index contributed by atoms with van der Waals surface area (Å²) < 4.78 is 1.94. The fourth-order valence-corrected chi connectivity index (χ4v) is 2.26. The van der Waals surface area contributed by atoms with Gasteiger partial charge in [0.25, 0.3) is 0 Å². The molecule has 0 atom stereocenters. The van der Waals surface area contributed by atoms with Crippen LogP contribution in [0.25, 0.3) is 22.2 Å². The molecule has 0 aliphatic rings. The summed E-state index contributed by atoms with van der Waals surface area (Å²) in [7, 11) is 1.91. The van der Waals surface area contributed by atoms with Crippen molar-refractivity contribution in [1.29, 1.82) is 0 Å². The highest BCUT2D eigenvalue weighted by Gasteiger charge is 2.11.